The normalized spacial score (nSPS) is 21.4. The molecule has 0 spiro atoms. The van der Waals surface area contributed by atoms with Gasteiger partial charge in [0, 0.05) is 18.0 Å². The van der Waals surface area contributed by atoms with Crippen LogP contribution in [0.1, 0.15) is 61.8 Å². The lowest BCUT2D eigenvalue weighted by Crippen LogP contribution is -2.60. The maximum atomic E-state index is 13.2. The molecule has 0 aromatic heterocycles. The predicted octanol–water partition coefficient (Wildman–Crippen LogP) is 2.77. The molecule has 7 nitrogen and oxygen atoms in total. The highest BCUT2D eigenvalue weighted by Crippen LogP contribution is 2.30. The molecule has 27 heavy (non-hydrogen) atoms. The second-order valence-electron chi connectivity index (χ2n) is 9.66. The van der Waals surface area contributed by atoms with Crippen molar-refractivity contribution < 1.29 is 19.5 Å². The van der Waals surface area contributed by atoms with Crippen LogP contribution in [-0.4, -0.2) is 52.1 Å². The molecule has 0 bridgehead atoms. The molecule has 1 saturated heterocycles. The van der Waals surface area contributed by atoms with Crippen LogP contribution in [0.5, 0.6) is 0 Å². The van der Waals surface area contributed by atoms with Gasteiger partial charge >= 0.3 is 12.0 Å². The number of likely N-dealkylation sites (tertiary alicyclic amines) is 1. The molecule has 3 atom stereocenters. The molecule has 0 saturated carbocycles. The van der Waals surface area contributed by atoms with E-state index in [1.807, 2.05) is 61.5 Å². The largest absolute Gasteiger partial charge is 0.480 e. The van der Waals surface area contributed by atoms with E-state index in [-0.39, 0.29) is 11.8 Å². The maximum Gasteiger partial charge on any atom is 0.327 e. The van der Waals surface area contributed by atoms with E-state index >= 15 is 0 Å². The molecule has 0 aliphatic carbocycles. The number of carbonyl (C=O) groups is 3. The Hall–Kier alpha value is -2.05. The van der Waals surface area contributed by atoms with Gasteiger partial charge in [-0.25, -0.2) is 9.59 Å². The van der Waals surface area contributed by atoms with Crippen molar-refractivity contribution in [3.8, 4) is 0 Å². The molecule has 0 radical (unpaired) electrons. The molecule has 1 aliphatic heterocycles. The van der Waals surface area contributed by atoms with Gasteiger partial charge in [-0.05, 0) is 46.5 Å². The Morgan fingerprint density at radius 3 is 2.07 bits per heavy atom. The lowest BCUT2D eigenvalue weighted by atomic mass is 9.85. The number of hydrogen-bond acceptors (Lipinski definition) is 3. The Morgan fingerprint density at radius 2 is 1.67 bits per heavy atom. The molecule has 0 aromatic carbocycles. The molecule has 3 amide bonds. The number of amides is 3. The lowest BCUT2D eigenvalue weighted by molar-refractivity contribution is -0.150. The van der Waals surface area contributed by atoms with Crippen LogP contribution in [0.25, 0.3) is 0 Å². The highest BCUT2D eigenvalue weighted by Gasteiger charge is 2.45. The van der Waals surface area contributed by atoms with Crippen LogP contribution in [0.2, 0.25) is 0 Å². The molecule has 1 fully saturated rings. The minimum atomic E-state index is -1.02. The van der Waals surface area contributed by atoms with Gasteiger partial charge in [-0.3, -0.25) is 4.79 Å². The second-order valence-corrected chi connectivity index (χ2v) is 9.66. The van der Waals surface area contributed by atoms with Crippen LogP contribution in [0.4, 0.5) is 4.79 Å². The first-order valence-electron chi connectivity index (χ1n) is 9.40. The highest BCUT2D eigenvalue weighted by atomic mass is 16.4. The topological polar surface area (TPSA) is 98.7 Å². The summed E-state index contributed by atoms with van der Waals surface area (Å²) in [4.78, 5) is 38.9. The fourth-order valence-corrected chi connectivity index (χ4v) is 3.30. The Bertz CT molecular complexity index is 610. The number of nitrogens with one attached hydrogen (secondary N) is 2. The van der Waals surface area contributed by atoms with Crippen LogP contribution < -0.4 is 10.6 Å². The summed E-state index contributed by atoms with van der Waals surface area (Å²) in [7, 11) is 0. The first-order chi connectivity index (χ1) is 12.1. The van der Waals surface area contributed by atoms with Gasteiger partial charge in [-0.1, -0.05) is 32.4 Å². The zero-order valence-electron chi connectivity index (χ0n) is 17.8. The number of hydrogen-bond donors (Lipinski definition) is 3. The summed E-state index contributed by atoms with van der Waals surface area (Å²) in [6.45, 7) is 15.3. The molecular weight excluding hydrogens is 346 g/mol. The summed E-state index contributed by atoms with van der Waals surface area (Å²) in [6, 6.07) is -2.18. The summed E-state index contributed by atoms with van der Waals surface area (Å²) in [5, 5.41) is 15.3. The average molecular weight is 382 g/mol. The third-order valence-electron chi connectivity index (χ3n) is 4.41. The van der Waals surface area contributed by atoms with E-state index in [1.165, 1.54) is 4.90 Å². The monoisotopic (exact) mass is 381 g/mol. The van der Waals surface area contributed by atoms with E-state index in [0.29, 0.717) is 13.0 Å². The van der Waals surface area contributed by atoms with Crippen LogP contribution in [0, 0.1) is 11.3 Å². The van der Waals surface area contributed by atoms with Crippen LogP contribution in [0.15, 0.2) is 11.6 Å². The lowest BCUT2D eigenvalue weighted by Gasteiger charge is -2.36. The van der Waals surface area contributed by atoms with Crippen LogP contribution in [-0.2, 0) is 9.59 Å². The van der Waals surface area contributed by atoms with Gasteiger partial charge in [0.1, 0.15) is 12.1 Å². The van der Waals surface area contributed by atoms with Crippen molar-refractivity contribution in [1.29, 1.82) is 0 Å². The van der Waals surface area contributed by atoms with E-state index in [2.05, 4.69) is 10.6 Å². The third-order valence-corrected chi connectivity index (χ3v) is 4.41. The van der Waals surface area contributed by atoms with Gasteiger partial charge in [0.05, 0.1) is 0 Å². The maximum absolute atomic E-state index is 13.2. The Labute approximate surface area is 162 Å². The number of allylic oxidation sites excluding steroid dienone is 1. The zero-order chi connectivity index (χ0) is 21.2. The summed E-state index contributed by atoms with van der Waals surface area (Å²) in [5.41, 5.74) is 0.0151. The summed E-state index contributed by atoms with van der Waals surface area (Å²) < 4.78 is 0. The Balaban J connectivity index is 3.09. The first kappa shape index (κ1) is 23.0. The number of nitrogens with zero attached hydrogens (tertiary/aromatic N) is 1. The van der Waals surface area contributed by atoms with Crippen molar-refractivity contribution in [1.82, 2.24) is 15.5 Å². The summed E-state index contributed by atoms with van der Waals surface area (Å²) in [5.74, 6) is -1.60. The highest BCUT2D eigenvalue weighted by molar-refractivity contribution is 5.91. The number of carbonyl (C=O) groups excluding carboxylic acids is 2. The number of carboxylic acids is 1. The van der Waals surface area contributed by atoms with E-state index in [4.69, 9.17) is 0 Å². The zero-order valence-corrected chi connectivity index (χ0v) is 17.8. The smallest absolute Gasteiger partial charge is 0.327 e. The molecule has 154 valence electrons. The van der Waals surface area contributed by atoms with Crippen LogP contribution in [0.3, 0.4) is 0 Å². The van der Waals surface area contributed by atoms with Crippen molar-refractivity contribution in [3.63, 3.8) is 0 Å². The van der Waals surface area contributed by atoms with Gasteiger partial charge < -0.3 is 20.6 Å². The van der Waals surface area contributed by atoms with E-state index < -0.39 is 35.0 Å². The van der Waals surface area contributed by atoms with Gasteiger partial charge in [0.15, 0.2) is 0 Å². The molecule has 0 unspecified atom stereocenters. The molecule has 7 heteroatoms. The van der Waals surface area contributed by atoms with Gasteiger partial charge in [-0.15, -0.1) is 0 Å². The quantitative estimate of drug-likeness (QED) is 0.652. The molecular formula is C20H35N3O4. The number of aliphatic carboxylic acids is 1. The molecule has 0 aromatic rings. The van der Waals surface area contributed by atoms with Crippen LogP contribution >= 0.6 is 0 Å². The van der Waals surface area contributed by atoms with Gasteiger partial charge in [0.2, 0.25) is 5.91 Å². The molecule has 3 N–H and O–H groups in total. The Morgan fingerprint density at radius 1 is 1.11 bits per heavy atom. The SMILES string of the molecule is CC(C)=C[C@H]1CCN(C(=O)[C@@H](NC(=O)NC(C)(C)C)C(C)(C)C)[C@@H]1C(=O)O. The van der Waals surface area contributed by atoms with Crippen molar-refractivity contribution >= 4 is 17.9 Å². The predicted molar refractivity (Wildman–Crippen MR) is 105 cm³/mol. The van der Waals surface area contributed by atoms with E-state index in [9.17, 15) is 19.5 Å². The standard InChI is InChI=1S/C20H35N3O4/c1-12(2)11-13-9-10-23(14(13)17(25)26)16(24)15(19(3,4)5)21-18(27)22-20(6,7)8/h11,13-15H,9-10H2,1-8H3,(H,25,26)(H2,21,22,27)/t13-,14+,15-/m1/s1. The number of urea groups is 1. The van der Waals surface area contributed by atoms with E-state index in [0.717, 1.165) is 5.57 Å². The fourth-order valence-electron chi connectivity index (χ4n) is 3.30. The van der Waals surface area contributed by atoms with Gasteiger partial charge in [0.25, 0.3) is 0 Å². The van der Waals surface area contributed by atoms with Crippen molar-refractivity contribution in [2.24, 2.45) is 11.3 Å². The van der Waals surface area contributed by atoms with Crippen molar-refractivity contribution in [2.45, 2.75) is 79.4 Å². The van der Waals surface area contributed by atoms with Crippen molar-refractivity contribution in [2.75, 3.05) is 6.54 Å². The third kappa shape index (κ3) is 6.56. The minimum absolute atomic E-state index is 0.222. The number of carboxylic acid groups (broad SMARTS) is 1. The molecule has 1 rings (SSSR count). The molecule has 1 aliphatic rings. The number of rotatable bonds is 4. The Kier molecular flexibility index (Phi) is 7.08. The fraction of sp³-hybridized carbons (Fsp3) is 0.750. The van der Waals surface area contributed by atoms with Gasteiger partial charge in [-0.2, -0.15) is 0 Å². The second kappa shape index (κ2) is 8.31. The molecule has 1 heterocycles. The minimum Gasteiger partial charge on any atom is -0.480 e. The summed E-state index contributed by atoms with van der Waals surface area (Å²) >= 11 is 0. The average Bonchev–Trinajstić information content (AvgIpc) is 2.83. The first-order valence-corrected chi connectivity index (χ1v) is 9.40. The summed E-state index contributed by atoms with van der Waals surface area (Å²) in [6.07, 6.45) is 2.51. The van der Waals surface area contributed by atoms with Crippen molar-refractivity contribution in [3.05, 3.63) is 11.6 Å². The van der Waals surface area contributed by atoms with E-state index in [1.54, 1.807) is 0 Å².